The number of carboxylic acid groups (broad SMARTS) is 1. The van der Waals surface area contributed by atoms with Crippen LogP contribution in [0.25, 0.3) is 0 Å². The Bertz CT molecular complexity index is 628. The molecule has 0 spiro atoms. The van der Waals surface area contributed by atoms with Crippen LogP contribution >= 0.6 is 11.6 Å². The molecule has 0 saturated carbocycles. The number of carbonyl (C=O) groups is 2. The predicted octanol–water partition coefficient (Wildman–Crippen LogP) is 1.34. The molecule has 1 aromatic carbocycles. The van der Waals surface area contributed by atoms with Crippen molar-refractivity contribution in [2.24, 2.45) is 0 Å². The number of hydrogen-bond acceptors (Lipinski definition) is 5. The van der Waals surface area contributed by atoms with Gasteiger partial charge < -0.3 is 9.84 Å². The first-order valence-corrected chi connectivity index (χ1v) is 7.38. The fourth-order valence-electron chi connectivity index (χ4n) is 1.33. The first kappa shape index (κ1) is 16.3. The van der Waals surface area contributed by atoms with Gasteiger partial charge in [-0.2, -0.15) is 0 Å². The largest absolute Gasteiger partial charge is 0.478 e. The molecule has 0 bridgehead atoms. The van der Waals surface area contributed by atoms with E-state index in [9.17, 15) is 18.0 Å². The predicted molar refractivity (Wildman–Crippen MR) is 72.5 cm³/mol. The molecule has 2 N–H and O–H groups in total. The molecule has 0 saturated heterocycles. The molecule has 0 aromatic heterocycles. The van der Waals surface area contributed by atoms with Gasteiger partial charge in [0, 0.05) is 5.02 Å². The fraction of sp³-hybridized carbons (Fsp3) is 0.273. The van der Waals surface area contributed by atoms with E-state index in [0.29, 0.717) is 0 Å². The zero-order valence-electron chi connectivity index (χ0n) is 10.4. The van der Waals surface area contributed by atoms with Crippen LogP contribution in [-0.4, -0.2) is 38.3 Å². The lowest BCUT2D eigenvalue weighted by Crippen LogP contribution is -2.20. The average Bonchev–Trinajstić information content (AvgIpc) is 2.35. The van der Waals surface area contributed by atoms with Crippen LogP contribution in [0.2, 0.25) is 5.02 Å². The highest BCUT2D eigenvalue weighted by Crippen LogP contribution is 2.22. The van der Waals surface area contributed by atoms with Crippen LogP contribution in [0.5, 0.6) is 0 Å². The Morgan fingerprint density at radius 2 is 2.05 bits per heavy atom. The van der Waals surface area contributed by atoms with E-state index in [0.717, 1.165) is 7.11 Å². The fourth-order valence-corrected chi connectivity index (χ4v) is 2.54. The van der Waals surface area contributed by atoms with Gasteiger partial charge in [0.1, 0.15) is 0 Å². The molecule has 0 unspecified atom stereocenters. The van der Waals surface area contributed by atoms with Gasteiger partial charge in [-0.05, 0) is 18.2 Å². The van der Waals surface area contributed by atoms with Crippen LogP contribution in [0, 0.1) is 0 Å². The summed E-state index contributed by atoms with van der Waals surface area (Å²) in [5.41, 5.74) is -0.397. The average molecular weight is 322 g/mol. The number of ether oxygens (including phenoxy) is 1. The minimum atomic E-state index is -3.89. The molecular weight excluding hydrogens is 310 g/mol. The molecule has 0 atom stereocenters. The number of benzene rings is 1. The molecule has 0 aliphatic rings. The number of hydrogen-bond donors (Lipinski definition) is 2. The molecule has 1 rings (SSSR count). The number of nitrogens with one attached hydrogen (secondary N) is 1. The van der Waals surface area contributed by atoms with E-state index in [1.165, 1.54) is 18.2 Å². The number of esters is 1. The van der Waals surface area contributed by atoms with E-state index < -0.39 is 27.7 Å². The van der Waals surface area contributed by atoms with Gasteiger partial charge in [-0.3, -0.25) is 9.52 Å². The molecule has 0 aliphatic carbocycles. The molecule has 110 valence electrons. The number of sulfonamides is 1. The Kier molecular flexibility index (Phi) is 5.34. The minimum absolute atomic E-state index is 0.158. The van der Waals surface area contributed by atoms with Crippen LogP contribution < -0.4 is 4.72 Å². The van der Waals surface area contributed by atoms with Crippen molar-refractivity contribution in [3.63, 3.8) is 0 Å². The van der Waals surface area contributed by atoms with E-state index in [1.54, 1.807) is 0 Å². The number of anilines is 1. The SMILES string of the molecule is COC(=O)CCS(=O)(=O)Nc1cc(Cl)ccc1C(=O)O. The molecule has 0 amide bonds. The highest BCUT2D eigenvalue weighted by atomic mass is 35.5. The molecule has 0 aliphatic heterocycles. The number of carbonyl (C=O) groups excluding carboxylic acids is 1. The van der Waals surface area contributed by atoms with Gasteiger partial charge in [-0.25, -0.2) is 13.2 Å². The number of halogens is 1. The third-order valence-corrected chi connectivity index (χ3v) is 3.79. The molecule has 1 aromatic rings. The topological polar surface area (TPSA) is 110 Å². The summed E-state index contributed by atoms with van der Waals surface area (Å²) in [6.07, 6.45) is -0.338. The smallest absolute Gasteiger partial charge is 0.337 e. The van der Waals surface area contributed by atoms with Crippen LogP contribution in [0.3, 0.4) is 0 Å². The summed E-state index contributed by atoms with van der Waals surface area (Å²) in [6.45, 7) is 0. The second-order valence-corrected chi connectivity index (χ2v) is 6.02. The van der Waals surface area contributed by atoms with Crippen molar-refractivity contribution in [1.29, 1.82) is 0 Å². The normalized spacial score (nSPS) is 10.9. The third kappa shape index (κ3) is 4.71. The van der Waals surface area contributed by atoms with E-state index in [-0.39, 0.29) is 22.7 Å². The standard InChI is InChI=1S/C11H12ClNO6S/c1-19-10(14)4-5-20(17,18)13-9-6-7(12)2-3-8(9)11(15)16/h2-3,6,13H,4-5H2,1H3,(H,15,16). The summed E-state index contributed by atoms with van der Waals surface area (Å²) in [4.78, 5) is 21.9. The Balaban J connectivity index is 2.94. The van der Waals surface area contributed by atoms with Crippen molar-refractivity contribution in [3.05, 3.63) is 28.8 Å². The molecule has 7 nitrogen and oxygen atoms in total. The Morgan fingerprint density at radius 3 is 2.60 bits per heavy atom. The second-order valence-electron chi connectivity index (χ2n) is 3.74. The molecule has 0 heterocycles. The summed E-state index contributed by atoms with van der Waals surface area (Å²) in [7, 11) is -2.74. The Labute approximate surface area is 120 Å². The molecular formula is C11H12ClNO6S. The third-order valence-electron chi connectivity index (χ3n) is 2.28. The van der Waals surface area contributed by atoms with Gasteiger partial charge in [0.05, 0.1) is 30.5 Å². The lowest BCUT2D eigenvalue weighted by atomic mass is 10.2. The lowest BCUT2D eigenvalue weighted by molar-refractivity contribution is -0.140. The van der Waals surface area contributed by atoms with E-state index in [2.05, 4.69) is 9.46 Å². The first-order valence-electron chi connectivity index (χ1n) is 5.35. The highest BCUT2D eigenvalue weighted by Gasteiger charge is 2.18. The van der Waals surface area contributed by atoms with Crippen molar-refractivity contribution in [1.82, 2.24) is 0 Å². The number of rotatable bonds is 6. The Morgan fingerprint density at radius 1 is 1.40 bits per heavy atom. The van der Waals surface area contributed by atoms with E-state index in [4.69, 9.17) is 16.7 Å². The van der Waals surface area contributed by atoms with Gasteiger partial charge in [-0.15, -0.1) is 0 Å². The molecule has 0 fully saturated rings. The maximum Gasteiger partial charge on any atom is 0.337 e. The summed E-state index contributed by atoms with van der Waals surface area (Å²) in [6, 6.07) is 3.70. The van der Waals surface area contributed by atoms with Gasteiger partial charge in [-0.1, -0.05) is 11.6 Å². The second kappa shape index (κ2) is 6.58. The van der Waals surface area contributed by atoms with Gasteiger partial charge in [0.25, 0.3) is 0 Å². The van der Waals surface area contributed by atoms with Gasteiger partial charge in [0.2, 0.25) is 10.0 Å². The maximum atomic E-state index is 11.8. The van der Waals surface area contributed by atoms with Crippen LogP contribution in [-0.2, 0) is 19.6 Å². The quantitative estimate of drug-likeness (QED) is 0.765. The summed E-state index contributed by atoms with van der Waals surface area (Å²) in [5, 5.41) is 9.14. The molecule has 0 radical (unpaired) electrons. The van der Waals surface area contributed by atoms with Crippen LogP contribution in [0.15, 0.2) is 18.2 Å². The molecule has 9 heteroatoms. The van der Waals surface area contributed by atoms with Crippen molar-refractivity contribution >= 4 is 39.3 Å². The van der Waals surface area contributed by atoms with E-state index in [1.807, 2.05) is 0 Å². The van der Waals surface area contributed by atoms with Crippen molar-refractivity contribution in [2.45, 2.75) is 6.42 Å². The maximum absolute atomic E-state index is 11.8. The number of methoxy groups -OCH3 is 1. The lowest BCUT2D eigenvalue weighted by Gasteiger charge is -2.10. The van der Waals surface area contributed by atoms with Gasteiger partial charge >= 0.3 is 11.9 Å². The monoisotopic (exact) mass is 321 g/mol. The van der Waals surface area contributed by atoms with Crippen LogP contribution in [0.4, 0.5) is 5.69 Å². The minimum Gasteiger partial charge on any atom is -0.478 e. The number of carboxylic acids is 1. The first-order chi connectivity index (χ1) is 9.25. The zero-order chi connectivity index (χ0) is 15.3. The summed E-state index contributed by atoms with van der Waals surface area (Å²) < 4.78 is 29.9. The van der Waals surface area contributed by atoms with E-state index >= 15 is 0 Å². The zero-order valence-corrected chi connectivity index (χ0v) is 12.0. The van der Waals surface area contributed by atoms with Crippen molar-refractivity contribution in [3.8, 4) is 0 Å². The molecule has 20 heavy (non-hydrogen) atoms. The number of aromatic carboxylic acids is 1. The van der Waals surface area contributed by atoms with Crippen molar-refractivity contribution < 1.29 is 27.9 Å². The summed E-state index contributed by atoms with van der Waals surface area (Å²) >= 11 is 5.70. The van der Waals surface area contributed by atoms with Gasteiger partial charge in [0.15, 0.2) is 0 Å². The highest BCUT2D eigenvalue weighted by molar-refractivity contribution is 7.92. The van der Waals surface area contributed by atoms with Crippen molar-refractivity contribution in [2.75, 3.05) is 17.6 Å². The summed E-state index contributed by atoms with van der Waals surface area (Å²) in [5.74, 6) is -2.50. The van der Waals surface area contributed by atoms with Crippen LogP contribution in [0.1, 0.15) is 16.8 Å². The Hall–Kier alpha value is -1.80.